The number of thioether (sulfide) groups is 1. The maximum absolute atomic E-state index is 13.2. The number of carbonyl (C=O) groups is 1. The molecule has 0 aliphatic rings. The summed E-state index contributed by atoms with van der Waals surface area (Å²) in [5.74, 6) is 0.701. The van der Waals surface area contributed by atoms with Gasteiger partial charge in [-0.2, -0.15) is 0 Å². The largest absolute Gasteiger partial charge is 0.463 e. The van der Waals surface area contributed by atoms with Gasteiger partial charge in [-0.15, -0.1) is 0 Å². The average molecular weight is 435 g/mol. The number of benzene rings is 2. The summed E-state index contributed by atoms with van der Waals surface area (Å²) in [5.41, 5.74) is 1.87. The Bertz CT molecular complexity index is 1250. The van der Waals surface area contributed by atoms with Gasteiger partial charge in [0.2, 0.25) is 5.76 Å². The number of furan rings is 1. The van der Waals surface area contributed by atoms with E-state index in [1.165, 1.54) is 24.4 Å². The molecular formula is C24H22N2O4S. The molecule has 2 aromatic heterocycles. The van der Waals surface area contributed by atoms with E-state index in [1.54, 1.807) is 16.7 Å². The van der Waals surface area contributed by atoms with Crippen LogP contribution in [0.5, 0.6) is 0 Å². The van der Waals surface area contributed by atoms with E-state index < -0.39 is 5.97 Å². The molecule has 0 spiro atoms. The van der Waals surface area contributed by atoms with Crippen molar-refractivity contribution in [2.45, 2.75) is 30.3 Å². The molecule has 0 aliphatic heterocycles. The molecule has 2 heterocycles. The van der Waals surface area contributed by atoms with Crippen LogP contribution >= 0.6 is 11.8 Å². The fourth-order valence-electron chi connectivity index (χ4n) is 3.34. The van der Waals surface area contributed by atoms with Crippen LogP contribution in [0, 0.1) is 0 Å². The third-order valence-corrected chi connectivity index (χ3v) is 5.91. The van der Waals surface area contributed by atoms with Gasteiger partial charge in [-0.1, -0.05) is 54.2 Å². The summed E-state index contributed by atoms with van der Waals surface area (Å²) in [7, 11) is 1.31. The van der Waals surface area contributed by atoms with E-state index in [0.29, 0.717) is 34.1 Å². The van der Waals surface area contributed by atoms with Crippen LogP contribution in [0.2, 0.25) is 0 Å². The molecule has 6 nitrogen and oxygen atoms in total. The summed E-state index contributed by atoms with van der Waals surface area (Å²) in [6.45, 7) is 0.569. The van der Waals surface area contributed by atoms with Crippen molar-refractivity contribution in [3.05, 3.63) is 94.2 Å². The molecule has 31 heavy (non-hydrogen) atoms. The van der Waals surface area contributed by atoms with Gasteiger partial charge in [0.1, 0.15) is 5.76 Å². The van der Waals surface area contributed by atoms with E-state index in [0.717, 1.165) is 12.8 Å². The molecule has 0 amide bonds. The summed E-state index contributed by atoms with van der Waals surface area (Å²) in [4.78, 5) is 29.5. The van der Waals surface area contributed by atoms with Crippen LogP contribution in [0.4, 0.5) is 0 Å². The first kappa shape index (κ1) is 20.9. The number of aryl methyl sites for hydroxylation is 1. The van der Waals surface area contributed by atoms with Crippen molar-refractivity contribution in [3.63, 3.8) is 0 Å². The first-order valence-electron chi connectivity index (χ1n) is 9.99. The lowest BCUT2D eigenvalue weighted by atomic mass is 10.1. The highest BCUT2D eigenvalue weighted by atomic mass is 32.2. The average Bonchev–Trinajstić information content (AvgIpc) is 3.28. The second-order valence-electron chi connectivity index (χ2n) is 7.00. The lowest BCUT2D eigenvalue weighted by Crippen LogP contribution is -2.23. The van der Waals surface area contributed by atoms with Crippen molar-refractivity contribution >= 4 is 28.6 Å². The van der Waals surface area contributed by atoms with Crippen molar-refractivity contribution < 1.29 is 13.9 Å². The number of aromatic nitrogens is 2. The van der Waals surface area contributed by atoms with E-state index >= 15 is 0 Å². The Balaban J connectivity index is 1.56. The zero-order valence-corrected chi connectivity index (χ0v) is 17.9. The second kappa shape index (κ2) is 9.66. The predicted octanol–water partition coefficient (Wildman–Crippen LogP) is 4.70. The molecule has 0 saturated heterocycles. The molecule has 0 N–H and O–H groups in total. The molecule has 0 radical (unpaired) electrons. The van der Waals surface area contributed by atoms with Gasteiger partial charge in [0.05, 0.1) is 23.8 Å². The summed E-state index contributed by atoms with van der Waals surface area (Å²) in [6.07, 6.45) is 1.70. The molecule has 4 rings (SSSR count). The van der Waals surface area contributed by atoms with E-state index in [-0.39, 0.29) is 11.3 Å². The van der Waals surface area contributed by atoms with Gasteiger partial charge in [-0.3, -0.25) is 9.36 Å². The van der Waals surface area contributed by atoms with Crippen LogP contribution in [0.15, 0.2) is 81.1 Å². The molecule has 0 bridgehead atoms. The molecule has 0 fully saturated rings. The SMILES string of the molecule is COC(=O)c1ccc(CSc2nc3ccccc3c(=O)n2CCCc2ccccc2)o1. The number of para-hydroxylation sites is 1. The van der Waals surface area contributed by atoms with Gasteiger partial charge < -0.3 is 9.15 Å². The normalized spacial score (nSPS) is 11.0. The zero-order valence-electron chi connectivity index (χ0n) is 17.1. The van der Waals surface area contributed by atoms with Crippen molar-refractivity contribution in [2.75, 3.05) is 7.11 Å². The standard InChI is InChI=1S/C24H22N2O4S/c1-29-23(28)21-14-13-18(30-21)16-31-24-25-20-12-6-5-11-19(20)22(27)26(24)15-7-10-17-8-3-2-4-9-17/h2-6,8-9,11-14H,7,10,15-16H2,1H3. The smallest absolute Gasteiger partial charge is 0.373 e. The molecule has 158 valence electrons. The van der Waals surface area contributed by atoms with Crippen LogP contribution in [-0.2, 0) is 23.5 Å². The quantitative estimate of drug-likeness (QED) is 0.227. The molecule has 4 aromatic rings. The highest BCUT2D eigenvalue weighted by Crippen LogP contribution is 2.24. The van der Waals surface area contributed by atoms with Crippen molar-refractivity contribution in [2.24, 2.45) is 0 Å². The molecule has 0 aliphatic carbocycles. The number of fused-ring (bicyclic) bond motifs is 1. The van der Waals surface area contributed by atoms with Crippen LogP contribution in [-0.4, -0.2) is 22.6 Å². The number of carbonyl (C=O) groups excluding carboxylic acids is 1. The highest BCUT2D eigenvalue weighted by molar-refractivity contribution is 7.98. The van der Waals surface area contributed by atoms with Gasteiger partial charge in [-0.05, 0) is 42.7 Å². The molecule has 7 heteroatoms. The van der Waals surface area contributed by atoms with Crippen LogP contribution in [0.25, 0.3) is 10.9 Å². The third kappa shape index (κ3) is 4.88. The van der Waals surface area contributed by atoms with E-state index in [4.69, 9.17) is 9.40 Å². The number of methoxy groups -OCH3 is 1. The number of nitrogens with zero attached hydrogens (tertiary/aromatic N) is 2. The van der Waals surface area contributed by atoms with Crippen molar-refractivity contribution in [1.29, 1.82) is 0 Å². The lowest BCUT2D eigenvalue weighted by Gasteiger charge is -2.13. The van der Waals surface area contributed by atoms with Crippen molar-refractivity contribution in [3.8, 4) is 0 Å². The first-order valence-corrected chi connectivity index (χ1v) is 11.0. The Morgan fingerprint density at radius 3 is 2.65 bits per heavy atom. The summed E-state index contributed by atoms with van der Waals surface area (Å²) in [6, 6.07) is 20.9. The monoisotopic (exact) mass is 434 g/mol. The summed E-state index contributed by atoms with van der Waals surface area (Å²) in [5, 5.41) is 1.24. The van der Waals surface area contributed by atoms with Crippen LogP contribution in [0.1, 0.15) is 28.3 Å². The number of ether oxygens (including phenoxy) is 1. The van der Waals surface area contributed by atoms with E-state index in [9.17, 15) is 9.59 Å². The molecule has 2 aromatic carbocycles. The fraction of sp³-hybridized carbons (Fsp3) is 0.208. The van der Waals surface area contributed by atoms with E-state index in [2.05, 4.69) is 16.9 Å². The minimum absolute atomic E-state index is 0.0455. The topological polar surface area (TPSA) is 74.3 Å². The number of hydrogen-bond acceptors (Lipinski definition) is 6. The number of rotatable bonds is 8. The lowest BCUT2D eigenvalue weighted by molar-refractivity contribution is 0.0563. The molecule has 0 saturated carbocycles. The minimum Gasteiger partial charge on any atom is -0.463 e. The number of esters is 1. The Morgan fingerprint density at radius 1 is 1.06 bits per heavy atom. The fourth-order valence-corrected chi connectivity index (χ4v) is 4.26. The predicted molar refractivity (Wildman–Crippen MR) is 120 cm³/mol. The van der Waals surface area contributed by atoms with Gasteiger partial charge in [-0.25, -0.2) is 9.78 Å². The Labute approximate surface area is 183 Å². The summed E-state index contributed by atoms with van der Waals surface area (Å²) < 4.78 is 12.0. The van der Waals surface area contributed by atoms with Gasteiger partial charge >= 0.3 is 5.97 Å². The Morgan fingerprint density at radius 2 is 1.84 bits per heavy atom. The van der Waals surface area contributed by atoms with Crippen LogP contribution < -0.4 is 5.56 Å². The Hall–Kier alpha value is -3.32. The molecule has 0 unspecified atom stereocenters. The molecular weight excluding hydrogens is 412 g/mol. The highest BCUT2D eigenvalue weighted by Gasteiger charge is 2.15. The van der Waals surface area contributed by atoms with Gasteiger partial charge in [0.25, 0.3) is 5.56 Å². The van der Waals surface area contributed by atoms with Gasteiger partial charge in [0.15, 0.2) is 5.16 Å². The van der Waals surface area contributed by atoms with Gasteiger partial charge in [0, 0.05) is 6.54 Å². The van der Waals surface area contributed by atoms with Crippen LogP contribution in [0.3, 0.4) is 0 Å². The maximum atomic E-state index is 13.2. The summed E-state index contributed by atoms with van der Waals surface area (Å²) >= 11 is 1.41. The molecule has 0 atom stereocenters. The first-order chi connectivity index (χ1) is 15.2. The van der Waals surface area contributed by atoms with Crippen molar-refractivity contribution in [1.82, 2.24) is 9.55 Å². The number of hydrogen-bond donors (Lipinski definition) is 0. The second-order valence-corrected chi connectivity index (χ2v) is 7.95. The minimum atomic E-state index is -0.516. The Kier molecular flexibility index (Phi) is 6.52. The third-order valence-electron chi connectivity index (χ3n) is 4.91. The maximum Gasteiger partial charge on any atom is 0.373 e. The van der Waals surface area contributed by atoms with E-state index in [1.807, 2.05) is 42.5 Å². The zero-order chi connectivity index (χ0) is 21.6.